The molecule has 4 heteroatoms. The molecule has 1 unspecified atom stereocenters. The monoisotopic (exact) mass is 706 g/mol. The van der Waals surface area contributed by atoms with Gasteiger partial charge < -0.3 is 10.3 Å². The van der Waals surface area contributed by atoms with Crippen molar-refractivity contribution in [3.05, 3.63) is 234 Å². The van der Waals surface area contributed by atoms with E-state index in [2.05, 4.69) is 185 Å². The largest absolute Gasteiger partial charge is 0.309 e. The normalized spacial score (nSPS) is 13.6. The summed E-state index contributed by atoms with van der Waals surface area (Å²) < 4.78 is 2.43. The Morgan fingerprint density at radius 2 is 1.13 bits per heavy atom. The lowest BCUT2D eigenvalue weighted by atomic mass is 9.67. The van der Waals surface area contributed by atoms with E-state index in [4.69, 9.17) is 5.73 Å². The van der Waals surface area contributed by atoms with Gasteiger partial charge in [0.1, 0.15) is 6.17 Å². The molecule has 262 valence electrons. The molecule has 0 saturated heterocycles. The number of hydrogen-bond donors (Lipinski definition) is 1. The Balaban J connectivity index is 1.21. The molecule has 8 aromatic carbocycles. The zero-order chi connectivity index (χ0) is 36.8. The Bertz CT molecular complexity index is 2800. The first-order chi connectivity index (χ1) is 27.2. The summed E-state index contributed by atoms with van der Waals surface area (Å²) in [5, 5.41) is 11.4. The summed E-state index contributed by atoms with van der Waals surface area (Å²) in [6.07, 6.45) is -0.499. The minimum absolute atomic E-state index is 0.430. The quantitative estimate of drug-likeness (QED) is 0.157. The fraction of sp³-hybridized carbons (Fsp3) is 0.0588. The third kappa shape index (κ3) is 5.41. The van der Waals surface area contributed by atoms with E-state index in [1.165, 1.54) is 55.3 Å². The number of fused-ring (bicyclic) bond motifs is 6. The van der Waals surface area contributed by atoms with Gasteiger partial charge in [0.05, 0.1) is 23.0 Å². The summed E-state index contributed by atoms with van der Waals surface area (Å²) in [6, 6.07) is 72.0. The number of nitrogens with two attached hydrogens (primary N) is 1. The molecule has 0 fully saturated rings. The second-order valence-electron chi connectivity index (χ2n) is 14.3. The third-order valence-corrected chi connectivity index (χ3v) is 11.2. The van der Waals surface area contributed by atoms with E-state index in [0.717, 1.165) is 27.8 Å². The van der Waals surface area contributed by atoms with Crippen LogP contribution in [-0.2, 0) is 12.0 Å². The first-order valence-corrected chi connectivity index (χ1v) is 18.9. The van der Waals surface area contributed by atoms with Crippen LogP contribution in [0.2, 0.25) is 0 Å². The van der Waals surface area contributed by atoms with Gasteiger partial charge >= 0.3 is 0 Å². The molecule has 1 heterocycles. The molecule has 0 bridgehead atoms. The fourth-order valence-electron chi connectivity index (χ4n) is 8.76. The molecule has 0 aliphatic heterocycles. The number of hydrogen-bond acceptors (Lipinski definition) is 3. The van der Waals surface area contributed by atoms with Crippen LogP contribution in [0, 0.1) is 0 Å². The minimum atomic E-state index is -0.501. The molecular formula is C51H38N4. The van der Waals surface area contributed by atoms with Crippen molar-refractivity contribution in [2.24, 2.45) is 16.0 Å². The molecule has 4 nitrogen and oxygen atoms in total. The molecule has 55 heavy (non-hydrogen) atoms. The molecule has 0 spiro atoms. The van der Waals surface area contributed by atoms with Crippen LogP contribution in [0.3, 0.4) is 0 Å². The highest BCUT2D eigenvalue weighted by Gasteiger charge is 2.46. The average Bonchev–Trinajstić information content (AvgIpc) is 3.73. The lowest BCUT2D eigenvalue weighted by molar-refractivity contribution is 0.692. The zero-order valence-electron chi connectivity index (χ0n) is 30.3. The highest BCUT2D eigenvalue weighted by atomic mass is 15.2. The van der Waals surface area contributed by atoms with E-state index in [9.17, 15) is 0 Å². The van der Waals surface area contributed by atoms with Crippen LogP contribution in [-0.4, -0.2) is 4.57 Å². The van der Waals surface area contributed by atoms with Gasteiger partial charge in [-0.25, -0.2) is 0 Å². The molecule has 1 aromatic heterocycles. The van der Waals surface area contributed by atoms with E-state index in [0.29, 0.717) is 6.54 Å². The molecule has 0 saturated carbocycles. The second-order valence-corrected chi connectivity index (χ2v) is 14.3. The van der Waals surface area contributed by atoms with Crippen molar-refractivity contribution in [2.45, 2.75) is 18.1 Å². The Kier molecular flexibility index (Phi) is 8.05. The van der Waals surface area contributed by atoms with Crippen molar-refractivity contribution in [3.63, 3.8) is 0 Å². The molecule has 0 amide bonds. The summed E-state index contributed by atoms with van der Waals surface area (Å²) >= 11 is 0. The van der Waals surface area contributed by atoms with E-state index < -0.39 is 11.6 Å². The van der Waals surface area contributed by atoms with Gasteiger partial charge in [0.2, 0.25) is 0 Å². The first-order valence-electron chi connectivity index (χ1n) is 18.9. The summed E-state index contributed by atoms with van der Waals surface area (Å²) in [4.78, 5) is 0. The lowest BCUT2D eigenvalue weighted by Crippen LogP contribution is -2.28. The van der Waals surface area contributed by atoms with Crippen LogP contribution in [0.25, 0.3) is 49.7 Å². The van der Waals surface area contributed by atoms with E-state index in [-0.39, 0.29) is 0 Å². The Morgan fingerprint density at radius 3 is 1.85 bits per heavy atom. The van der Waals surface area contributed by atoms with Gasteiger partial charge in [0.15, 0.2) is 0 Å². The van der Waals surface area contributed by atoms with Crippen molar-refractivity contribution < 1.29 is 0 Å². The van der Waals surface area contributed by atoms with Crippen LogP contribution in [0.1, 0.15) is 39.5 Å². The molecular weight excluding hydrogens is 669 g/mol. The summed E-state index contributed by atoms with van der Waals surface area (Å²) in [7, 11) is 0. The molecule has 0 radical (unpaired) electrons. The average molecular weight is 707 g/mol. The van der Waals surface area contributed by atoms with Gasteiger partial charge in [0.25, 0.3) is 0 Å². The maximum Gasteiger partial charge on any atom is 0.144 e. The van der Waals surface area contributed by atoms with Crippen LogP contribution >= 0.6 is 0 Å². The van der Waals surface area contributed by atoms with Crippen molar-refractivity contribution in [1.29, 1.82) is 0 Å². The van der Waals surface area contributed by atoms with Crippen molar-refractivity contribution in [1.82, 2.24) is 4.57 Å². The fourth-order valence-corrected chi connectivity index (χ4v) is 8.76. The maximum absolute atomic E-state index is 6.36. The summed E-state index contributed by atoms with van der Waals surface area (Å²) in [5.74, 6) is 0. The standard InChI is InChI=1S/C51H38N4/c52-50(37-19-7-2-8-20-37)54-53-34-35-16-15-25-41(30-35)55-48-29-28-38(36-17-5-1-6-18-36)31-44(48)45-32-43-42-26-13-14-27-46(42)51(47(43)33-49(45)55,39-21-9-3-10-22-39)40-23-11-4-12-24-40/h1-33,50H,34,52H2. The first kappa shape index (κ1) is 32.7. The van der Waals surface area contributed by atoms with Gasteiger partial charge in [0, 0.05) is 16.5 Å². The number of aromatic nitrogens is 1. The number of benzene rings is 8. The Hall–Kier alpha value is -6.88. The van der Waals surface area contributed by atoms with Gasteiger partial charge in [-0.05, 0) is 92.0 Å². The van der Waals surface area contributed by atoms with E-state index in [1.807, 2.05) is 30.3 Å². The number of rotatable bonds is 8. The van der Waals surface area contributed by atoms with E-state index in [1.54, 1.807) is 0 Å². The van der Waals surface area contributed by atoms with E-state index >= 15 is 0 Å². The van der Waals surface area contributed by atoms with Crippen LogP contribution in [0.15, 0.2) is 210 Å². The molecule has 1 aliphatic carbocycles. The van der Waals surface area contributed by atoms with Gasteiger partial charge in [-0.1, -0.05) is 164 Å². The molecule has 10 rings (SSSR count). The predicted molar refractivity (Wildman–Crippen MR) is 225 cm³/mol. The number of azo groups is 1. The highest BCUT2D eigenvalue weighted by molar-refractivity contribution is 6.13. The molecule has 9 aromatic rings. The third-order valence-electron chi connectivity index (χ3n) is 11.2. The molecule has 2 N–H and O–H groups in total. The van der Waals surface area contributed by atoms with Gasteiger partial charge in [-0.3, -0.25) is 0 Å². The van der Waals surface area contributed by atoms with Gasteiger partial charge in [-0.2, -0.15) is 10.2 Å². The summed E-state index contributed by atoms with van der Waals surface area (Å²) in [5.41, 5.74) is 21.3. The topological polar surface area (TPSA) is 55.7 Å². The van der Waals surface area contributed by atoms with Crippen molar-refractivity contribution >= 4 is 21.8 Å². The smallest absolute Gasteiger partial charge is 0.144 e. The van der Waals surface area contributed by atoms with Crippen LogP contribution < -0.4 is 5.73 Å². The lowest BCUT2D eigenvalue weighted by Gasteiger charge is -2.34. The maximum atomic E-state index is 6.36. The van der Waals surface area contributed by atoms with Gasteiger partial charge in [-0.15, -0.1) is 0 Å². The predicted octanol–water partition coefficient (Wildman–Crippen LogP) is 12.4. The Morgan fingerprint density at radius 1 is 0.491 bits per heavy atom. The van der Waals surface area contributed by atoms with Crippen LogP contribution in [0.5, 0.6) is 0 Å². The highest BCUT2D eigenvalue weighted by Crippen LogP contribution is 2.57. The molecule has 1 atom stereocenters. The minimum Gasteiger partial charge on any atom is -0.309 e. The van der Waals surface area contributed by atoms with Crippen molar-refractivity contribution in [2.75, 3.05) is 0 Å². The number of nitrogens with zero attached hydrogens (tertiary/aromatic N) is 3. The van der Waals surface area contributed by atoms with Crippen molar-refractivity contribution in [3.8, 4) is 27.9 Å². The SMILES string of the molecule is NC(N=NCc1cccc(-n2c3ccc(-c4ccccc4)cc3c3cc4c(cc32)C(c2ccccc2)(c2ccccc2)c2ccccc2-4)c1)c1ccccc1. The second kappa shape index (κ2) is 13.5. The summed E-state index contributed by atoms with van der Waals surface area (Å²) in [6.45, 7) is 0.430. The zero-order valence-corrected chi connectivity index (χ0v) is 30.3. The van der Waals surface area contributed by atoms with Crippen LogP contribution in [0.4, 0.5) is 0 Å². The Labute approximate surface area is 320 Å². The molecule has 1 aliphatic rings.